The van der Waals surface area contributed by atoms with E-state index in [0.717, 1.165) is 10.8 Å². The predicted octanol–water partition coefficient (Wildman–Crippen LogP) is 6.16. The molecule has 1 amide bonds. The van der Waals surface area contributed by atoms with Crippen LogP contribution in [0.1, 0.15) is 28.4 Å². The van der Waals surface area contributed by atoms with Crippen LogP contribution < -0.4 is 5.32 Å². The maximum atomic E-state index is 13.1. The fourth-order valence-electron chi connectivity index (χ4n) is 3.41. The van der Waals surface area contributed by atoms with E-state index in [2.05, 4.69) is 5.32 Å². The number of carbonyl (C=O) groups excluding carboxylic acids is 2. The summed E-state index contributed by atoms with van der Waals surface area (Å²) >= 11 is 6.71. The van der Waals surface area contributed by atoms with Crippen LogP contribution in [0.2, 0.25) is 0 Å². The van der Waals surface area contributed by atoms with Crippen LogP contribution in [0.4, 0.5) is 5.69 Å². The van der Waals surface area contributed by atoms with Crippen LogP contribution in [-0.2, 0) is 9.67 Å². The minimum Gasteiger partial charge on any atom is -0.324 e. The van der Waals surface area contributed by atoms with Crippen molar-refractivity contribution in [3.05, 3.63) is 114 Å². The number of hydrogen-bond acceptors (Lipinski definition) is 2. The zero-order valence-corrected chi connectivity index (χ0v) is 17.2. The maximum Gasteiger partial charge on any atom is 0.249 e. The highest BCUT2D eigenvalue weighted by molar-refractivity contribution is 6.36. The van der Waals surface area contributed by atoms with Gasteiger partial charge in [-0.2, -0.15) is 0 Å². The van der Waals surface area contributed by atoms with Gasteiger partial charge in [-0.15, -0.1) is 11.6 Å². The highest BCUT2D eigenvalue weighted by Crippen LogP contribution is 2.32. The molecule has 0 bridgehead atoms. The summed E-state index contributed by atoms with van der Waals surface area (Å²) in [4.78, 5) is 24.5. The molecule has 1 N–H and O–H groups in total. The van der Waals surface area contributed by atoms with E-state index in [1.165, 1.54) is 0 Å². The summed E-state index contributed by atoms with van der Waals surface area (Å²) in [7, 11) is 0. The van der Waals surface area contributed by atoms with Gasteiger partial charge in [0.15, 0.2) is 5.78 Å². The number of halogens is 1. The molecule has 0 heterocycles. The molecule has 0 radical (unpaired) electrons. The van der Waals surface area contributed by atoms with Crippen molar-refractivity contribution >= 4 is 39.8 Å². The van der Waals surface area contributed by atoms with Crippen molar-refractivity contribution in [1.82, 2.24) is 0 Å². The molecule has 4 aromatic carbocycles. The van der Waals surface area contributed by atoms with Gasteiger partial charge in [-0.3, -0.25) is 9.59 Å². The van der Waals surface area contributed by atoms with Crippen molar-refractivity contribution in [3.63, 3.8) is 0 Å². The molecule has 1 atom stereocenters. The Hall–Kier alpha value is -3.43. The predicted molar refractivity (Wildman–Crippen MR) is 122 cm³/mol. The molecule has 0 spiro atoms. The monoisotopic (exact) mass is 413 g/mol. The first kappa shape index (κ1) is 19.9. The Kier molecular flexibility index (Phi) is 5.39. The van der Waals surface area contributed by atoms with Crippen LogP contribution >= 0.6 is 11.6 Å². The number of amides is 1. The topological polar surface area (TPSA) is 46.2 Å². The Morgan fingerprint density at radius 3 is 2.20 bits per heavy atom. The molecule has 0 saturated carbocycles. The number of fused-ring (bicyclic) bond motifs is 1. The highest BCUT2D eigenvalue weighted by Gasteiger charge is 2.33. The Bertz CT molecular complexity index is 1230. The van der Waals surface area contributed by atoms with Gasteiger partial charge in [0, 0.05) is 22.2 Å². The second-order valence-corrected chi connectivity index (χ2v) is 8.02. The van der Waals surface area contributed by atoms with E-state index < -0.39 is 4.87 Å². The Morgan fingerprint density at radius 2 is 1.40 bits per heavy atom. The third kappa shape index (κ3) is 3.85. The zero-order valence-electron chi connectivity index (χ0n) is 16.4. The molecule has 148 valence electrons. The second kappa shape index (κ2) is 8.13. The summed E-state index contributed by atoms with van der Waals surface area (Å²) in [5.41, 5.74) is 2.33. The van der Waals surface area contributed by atoms with E-state index in [9.17, 15) is 9.59 Å². The SMILES string of the molecule is CC(Cl)(C(=O)Nc1cccc2ccccc12)c1cccc(C(=O)c2ccccc2)c1. The molecule has 4 aromatic rings. The van der Waals surface area contributed by atoms with Crippen molar-refractivity contribution in [1.29, 1.82) is 0 Å². The summed E-state index contributed by atoms with van der Waals surface area (Å²) in [5.74, 6) is -0.468. The number of carbonyl (C=O) groups is 2. The first-order valence-electron chi connectivity index (χ1n) is 9.65. The molecule has 0 aliphatic heterocycles. The smallest absolute Gasteiger partial charge is 0.249 e. The van der Waals surface area contributed by atoms with E-state index >= 15 is 0 Å². The Balaban J connectivity index is 1.63. The van der Waals surface area contributed by atoms with Crippen molar-refractivity contribution in [3.8, 4) is 0 Å². The number of ketones is 1. The largest absolute Gasteiger partial charge is 0.324 e. The van der Waals surface area contributed by atoms with Gasteiger partial charge in [0.2, 0.25) is 5.91 Å². The summed E-state index contributed by atoms with van der Waals surface area (Å²) in [5, 5.41) is 4.92. The minimum atomic E-state index is -1.34. The lowest BCUT2D eigenvalue weighted by atomic mass is 9.94. The summed E-state index contributed by atoms with van der Waals surface area (Å²) < 4.78 is 0. The van der Waals surface area contributed by atoms with E-state index in [0.29, 0.717) is 22.4 Å². The van der Waals surface area contributed by atoms with Gasteiger partial charge in [-0.05, 0) is 30.0 Å². The van der Waals surface area contributed by atoms with Crippen LogP contribution in [-0.4, -0.2) is 11.7 Å². The molecule has 30 heavy (non-hydrogen) atoms. The van der Waals surface area contributed by atoms with E-state index in [1.54, 1.807) is 43.3 Å². The lowest BCUT2D eigenvalue weighted by molar-refractivity contribution is -0.118. The van der Waals surface area contributed by atoms with Gasteiger partial charge in [0.05, 0.1) is 0 Å². The molecule has 0 aromatic heterocycles. The fraction of sp³-hybridized carbons (Fsp3) is 0.0769. The fourth-order valence-corrected chi connectivity index (χ4v) is 3.58. The Labute approximate surface area is 180 Å². The molecule has 0 saturated heterocycles. The molecule has 4 rings (SSSR count). The average molecular weight is 414 g/mol. The van der Waals surface area contributed by atoms with Crippen LogP contribution in [0.3, 0.4) is 0 Å². The molecule has 1 unspecified atom stereocenters. The van der Waals surface area contributed by atoms with Gasteiger partial charge in [0.1, 0.15) is 4.87 Å². The lowest BCUT2D eigenvalue weighted by Crippen LogP contribution is -2.32. The highest BCUT2D eigenvalue weighted by atomic mass is 35.5. The third-order valence-corrected chi connectivity index (χ3v) is 5.56. The molecular weight excluding hydrogens is 394 g/mol. The first-order valence-corrected chi connectivity index (χ1v) is 10.0. The van der Waals surface area contributed by atoms with E-state index in [4.69, 9.17) is 11.6 Å². The Morgan fingerprint density at radius 1 is 0.767 bits per heavy atom. The van der Waals surface area contributed by atoms with Crippen molar-refractivity contribution in [2.45, 2.75) is 11.8 Å². The standard InChI is InChI=1S/C26H20ClNO2/c1-26(27,25(30)28-23-16-8-12-18-9-5-6-15-22(18)23)21-14-7-13-20(17-21)24(29)19-10-3-2-4-11-19/h2-17H,1H3,(H,28,30). The number of alkyl halides is 1. The van der Waals surface area contributed by atoms with Gasteiger partial charge in [-0.25, -0.2) is 0 Å². The van der Waals surface area contributed by atoms with Crippen molar-refractivity contribution in [2.24, 2.45) is 0 Å². The molecule has 0 aliphatic carbocycles. The second-order valence-electron chi connectivity index (χ2n) is 7.26. The molecule has 0 aliphatic rings. The van der Waals surface area contributed by atoms with E-state index in [-0.39, 0.29) is 11.7 Å². The third-order valence-electron chi connectivity index (χ3n) is 5.17. The first-order chi connectivity index (χ1) is 14.5. The number of nitrogens with one attached hydrogen (secondary N) is 1. The number of anilines is 1. The summed E-state index contributed by atoms with van der Waals surface area (Å²) in [6.07, 6.45) is 0. The van der Waals surface area contributed by atoms with Gasteiger partial charge in [0.25, 0.3) is 0 Å². The number of rotatable bonds is 5. The molecule has 3 nitrogen and oxygen atoms in total. The van der Waals surface area contributed by atoms with Crippen molar-refractivity contribution < 1.29 is 9.59 Å². The van der Waals surface area contributed by atoms with Gasteiger partial charge >= 0.3 is 0 Å². The molecular formula is C26H20ClNO2. The van der Waals surface area contributed by atoms with Crippen molar-refractivity contribution in [2.75, 3.05) is 5.32 Å². The maximum absolute atomic E-state index is 13.1. The van der Waals surface area contributed by atoms with Crippen LogP contribution in [0.5, 0.6) is 0 Å². The van der Waals surface area contributed by atoms with Gasteiger partial charge < -0.3 is 5.32 Å². The zero-order chi connectivity index (χ0) is 21.1. The van der Waals surface area contributed by atoms with Crippen LogP contribution in [0, 0.1) is 0 Å². The summed E-state index contributed by atoms with van der Waals surface area (Å²) in [6, 6.07) is 29.5. The summed E-state index contributed by atoms with van der Waals surface area (Å²) in [6.45, 7) is 1.64. The minimum absolute atomic E-state index is 0.112. The number of benzene rings is 4. The van der Waals surface area contributed by atoms with Gasteiger partial charge in [-0.1, -0.05) is 84.9 Å². The van der Waals surface area contributed by atoms with E-state index in [1.807, 2.05) is 60.7 Å². The van der Waals surface area contributed by atoms with Crippen LogP contribution in [0.15, 0.2) is 97.1 Å². The average Bonchev–Trinajstić information content (AvgIpc) is 2.79. The van der Waals surface area contributed by atoms with Crippen LogP contribution in [0.25, 0.3) is 10.8 Å². The lowest BCUT2D eigenvalue weighted by Gasteiger charge is -2.23. The normalized spacial score (nSPS) is 12.9. The quantitative estimate of drug-likeness (QED) is 0.314. The molecule has 4 heteroatoms. The molecule has 0 fully saturated rings. The number of hydrogen-bond donors (Lipinski definition) is 1.